The highest BCUT2D eigenvalue weighted by atomic mass is 32.2. The summed E-state index contributed by atoms with van der Waals surface area (Å²) in [4.78, 5) is 15.2. The third-order valence-electron chi connectivity index (χ3n) is 6.93. The minimum absolute atomic E-state index is 0.00508. The quantitative estimate of drug-likeness (QED) is 0.653. The molecule has 0 bridgehead atoms. The third-order valence-corrected chi connectivity index (χ3v) is 8.32. The number of carbonyl (C=O) groups excluding carboxylic acids is 1. The van der Waals surface area contributed by atoms with Crippen molar-refractivity contribution in [2.45, 2.75) is 76.3 Å². The van der Waals surface area contributed by atoms with Crippen LogP contribution in [0.3, 0.4) is 0 Å². The van der Waals surface area contributed by atoms with E-state index in [2.05, 4.69) is 28.4 Å². The van der Waals surface area contributed by atoms with E-state index in [4.69, 9.17) is 4.74 Å². The zero-order valence-corrected chi connectivity index (χ0v) is 19.4. The number of nitrogens with zero attached hydrogens (tertiary/aromatic N) is 2. The third kappa shape index (κ3) is 3.89. The van der Waals surface area contributed by atoms with Crippen molar-refractivity contribution in [1.29, 1.82) is 0 Å². The Morgan fingerprint density at radius 3 is 2.73 bits per heavy atom. The van der Waals surface area contributed by atoms with Crippen molar-refractivity contribution >= 4 is 23.1 Å². The maximum atomic E-state index is 13.1. The maximum absolute atomic E-state index is 13.1. The molecule has 30 heavy (non-hydrogen) atoms. The Kier molecular flexibility index (Phi) is 5.92. The van der Waals surface area contributed by atoms with Gasteiger partial charge < -0.3 is 9.64 Å². The van der Waals surface area contributed by atoms with Crippen LogP contribution in [-0.2, 0) is 20.5 Å². The summed E-state index contributed by atoms with van der Waals surface area (Å²) in [7, 11) is -1.23. The summed E-state index contributed by atoms with van der Waals surface area (Å²) in [5, 5.41) is 0. The maximum Gasteiger partial charge on any atom is 0.225 e. The summed E-state index contributed by atoms with van der Waals surface area (Å²) in [6.07, 6.45) is 6.10. The second-order valence-electron chi connectivity index (χ2n) is 10.2. The fourth-order valence-corrected chi connectivity index (χ4v) is 6.23. The van der Waals surface area contributed by atoms with Gasteiger partial charge in [-0.1, -0.05) is 37.3 Å². The normalized spacial score (nSPS) is 35.3. The lowest BCUT2D eigenvalue weighted by molar-refractivity contribution is -0.201. The number of piperidine rings is 1. The van der Waals surface area contributed by atoms with E-state index in [1.54, 1.807) is 0 Å². The second-order valence-corrected chi connectivity index (χ2v) is 12.1. The Hall–Kier alpha value is -1.53. The van der Waals surface area contributed by atoms with E-state index < -0.39 is 16.7 Å². The van der Waals surface area contributed by atoms with Gasteiger partial charge in [-0.25, -0.2) is 4.21 Å². The first-order valence-electron chi connectivity index (χ1n) is 11.2. The zero-order valence-electron chi connectivity index (χ0n) is 18.5. The van der Waals surface area contributed by atoms with Gasteiger partial charge in [0.1, 0.15) is 16.7 Å². The van der Waals surface area contributed by atoms with E-state index in [0.717, 1.165) is 31.2 Å². The topological polar surface area (TPSA) is 59.0 Å². The lowest BCUT2D eigenvalue weighted by atomic mass is 9.64. The molecule has 6 atom stereocenters. The average molecular weight is 431 g/mol. The Balaban J connectivity index is 1.59. The van der Waals surface area contributed by atoms with Crippen LogP contribution < -0.4 is 0 Å². The highest BCUT2D eigenvalue weighted by molar-refractivity contribution is 7.85. The highest BCUT2D eigenvalue weighted by Gasteiger charge is 2.61. The van der Waals surface area contributed by atoms with Crippen LogP contribution in [-0.4, -0.2) is 38.3 Å². The van der Waals surface area contributed by atoms with Crippen LogP contribution in [0.15, 0.2) is 34.7 Å². The number of carbonyl (C=O) groups is 1. The minimum atomic E-state index is -1.23. The molecule has 6 heteroatoms. The minimum Gasteiger partial charge on any atom is -0.353 e. The van der Waals surface area contributed by atoms with Crippen molar-refractivity contribution in [3.63, 3.8) is 0 Å². The summed E-state index contributed by atoms with van der Waals surface area (Å²) in [5.74, 6) is 1.37. The smallest absolute Gasteiger partial charge is 0.225 e. The summed E-state index contributed by atoms with van der Waals surface area (Å²) in [5.41, 5.74) is 0.648. The molecule has 3 aliphatic rings. The van der Waals surface area contributed by atoms with E-state index in [0.29, 0.717) is 30.8 Å². The van der Waals surface area contributed by atoms with Crippen LogP contribution >= 0.6 is 0 Å². The van der Waals surface area contributed by atoms with Crippen molar-refractivity contribution in [3.05, 3.63) is 35.9 Å². The molecule has 164 valence electrons. The molecule has 1 aliphatic carbocycles. The number of benzene rings is 1. The van der Waals surface area contributed by atoms with E-state index in [1.165, 1.54) is 0 Å². The second kappa shape index (κ2) is 8.19. The van der Waals surface area contributed by atoms with E-state index >= 15 is 0 Å². The number of hydrogen-bond donors (Lipinski definition) is 0. The zero-order chi connectivity index (χ0) is 21.5. The molecule has 0 aromatic heterocycles. The van der Waals surface area contributed by atoms with Crippen molar-refractivity contribution < 1.29 is 13.7 Å². The van der Waals surface area contributed by atoms with Crippen LogP contribution in [0.1, 0.15) is 71.4 Å². The van der Waals surface area contributed by atoms with Crippen molar-refractivity contribution in [2.75, 3.05) is 6.61 Å². The van der Waals surface area contributed by atoms with Gasteiger partial charge in [-0.3, -0.25) is 4.79 Å². The van der Waals surface area contributed by atoms with Gasteiger partial charge in [-0.15, -0.1) is 0 Å². The molecule has 1 spiro atoms. The lowest BCUT2D eigenvalue weighted by Crippen LogP contribution is -2.61. The molecule has 0 N–H and O–H groups in total. The lowest BCUT2D eigenvalue weighted by Gasteiger charge is -2.54. The molecule has 2 heterocycles. The SMILES string of the molecule is C[C@@H]1C[C@H](C/C=N/S(=O)C(C)(C)C)[C@@H]2CCC(=O)N3[C@H](c4ccccc4)CO[C@@]23C1. The predicted molar refractivity (Wildman–Crippen MR) is 120 cm³/mol. The fourth-order valence-electron chi connectivity index (χ4n) is 5.69. The molecule has 1 amide bonds. The van der Waals surface area contributed by atoms with Crippen LogP contribution in [0.25, 0.3) is 0 Å². The first-order valence-corrected chi connectivity index (χ1v) is 12.3. The van der Waals surface area contributed by atoms with E-state index in [-0.39, 0.29) is 16.7 Å². The molecule has 2 aliphatic heterocycles. The van der Waals surface area contributed by atoms with Crippen molar-refractivity contribution in [3.8, 4) is 0 Å². The molecule has 3 fully saturated rings. The van der Waals surface area contributed by atoms with Crippen LogP contribution in [0.2, 0.25) is 0 Å². The first kappa shape index (κ1) is 21.7. The molecule has 1 aromatic rings. The first-order chi connectivity index (χ1) is 14.2. The molecule has 1 unspecified atom stereocenters. The number of ether oxygens (including phenoxy) is 1. The Morgan fingerprint density at radius 1 is 1.30 bits per heavy atom. The fraction of sp³-hybridized carbons (Fsp3) is 0.667. The molecular weight excluding hydrogens is 396 g/mol. The Morgan fingerprint density at radius 2 is 2.03 bits per heavy atom. The summed E-state index contributed by atoms with van der Waals surface area (Å²) >= 11 is 0. The van der Waals surface area contributed by atoms with Crippen LogP contribution in [0, 0.1) is 17.8 Å². The largest absolute Gasteiger partial charge is 0.353 e. The van der Waals surface area contributed by atoms with Crippen LogP contribution in [0.5, 0.6) is 0 Å². The molecule has 1 aromatic carbocycles. The van der Waals surface area contributed by atoms with Crippen LogP contribution in [0.4, 0.5) is 0 Å². The molecule has 2 saturated heterocycles. The molecular formula is C24H34N2O3S. The molecule has 1 saturated carbocycles. The molecule has 4 rings (SSSR count). The molecule has 0 radical (unpaired) electrons. The predicted octanol–water partition coefficient (Wildman–Crippen LogP) is 4.66. The standard InChI is InChI=1S/C24H34N2O3S/c1-17-14-19(12-13-25-30(28)23(2,3)4)20-10-11-22(27)26-21(16-29-24(20,26)15-17)18-8-6-5-7-9-18/h5-9,13,17,19-21H,10-12,14-16H2,1-4H3/b25-13+/t17-,19+,20+,21+,24+,30?/m1/s1. The molecule has 5 nitrogen and oxygen atoms in total. The summed E-state index contributed by atoms with van der Waals surface area (Å²) < 4.78 is 22.9. The Bertz CT molecular complexity index is 835. The van der Waals surface area contributed by atoms with Crippen molar-refractivity contribution in [1.82, 2.24) is 4.90 Å². The van der Waals surface area contributed by atoms with Gasteiger partial charge in [0.2, 0.25) is 5.91 Å². The van der Waals surface area contributed by atoms with Gasteiger partial charge in [0, 0.05) is 18.6 Å². The number of hydrogen-bond acceptors (Lipinski definition) is 3. The van der Waals surface area contributed by atoms with Gasteiger partial charge in [0.25, 0.3) is 0 Å². The van der Waals surface area contributed by atoms with Gasteiger partial charge in [0.15, 0.2) is 0 Å². The van der Waals surface area contributed by atoms with Gasteiger partial charge in [-0.2, -0.15) is 4.40 Å². The monoisotopic (exact) mass is 430 g/mol. The number of amides is 1. The van der Waals surface area contributed by atoms with Crippen molar-refractivity contribution in [2.24, 2.45) is 22.2 Å². The summed E-state index contributed by atoms with van der Waals surface area (Å²) in [6, 6.07) is 10.3. The Labute approximate surface area is 182 Å². The summed E-state index contributed by atoms with van der Waals surface area (Å²) in [6.45, 7) is 8.66. The highest BCUT2D eigenvalue weighted by Crippen LogP contribution is 2.56. The van der Waals surface area contributed by atoms with E-state index in [1.807, 2.05) is 45.2 Å². The van der Waals surface area contributed by atoms with Gasteiger partial charge >= 0.3 is 0 Å². The van der Waals surface area contributed by atoms with Gasteiger partial charge in [-0.05, 0) is 63.9 Å². The van der Waals surface area contributed by atoms with E-state index in [9.17, 15) is 9.00 Å². The van der Waals surface area contributed by atoms with Gasteiger partial charge in [0.05, 0.1) is 17.4 Å². The number of rotatable bonds is 4. The average Bonchev–Trinajstić information content (AvgIpc) is 3.07.